The molecule has 0 aromatic heterocycles. The van der Waals surface area contributed by atoms with Crippen LogP contribution in [0.3, 0.4) is 0 Å². The van der Waals surface area contributed by atoms with Crippen LogP contribution in [0.25, 0.3) is 0 Å². The molecular weight excluding hydrogens is 251 g/mol. The van der Waals surface area contributed by atoms with E-state index in [1.807, 2.05) is 12.1 Å². The quantitative estimate of drug-likeness (QED) is 0.732. The van der Waals surface area contributed by atoms with Gasteiger partial charge in [-0.15, -0.1) is 0 Å². The first-order chi connectivity index (χ1) is 9.61. The van der Waals surface area contributed by atoms with Crippen molar-refractivity contribution < 1.29 is 4.39 Å². The summed E-state index contributed by atoms with van der Waals surface area (Å²) in [5, 5.41) is 3.37. The number of hydrogen-bond acceptors (Lipinski definition) is 2. The Hall–Kier alpha value is -0.930. The van der Waals surface area contributed by atoms with E-state index in [-0.39, 0.29) is 5.82 Å². The Balaban J connectivity index is 1.96. The highest BCUT2D eigenvalue weighted by atomic mass is 19.1. The molecule has 0 radical (unpaired) electrons. The molecule has 0 amide bonds. The van der Waals surface area contributed by atoms with Gasteiger partial charge in [-0.05, 0) is 57.3 Å². The topological polar surface area (TPSA) is 15.3 Å². The van der Waals surface area contributed by atoms with Gasteiger partial charge in [0.2, 0.25) is 0 Å². The zero-order valence-electron chi connectivity index (χ0n) is 13.0. The summed E-state index contributed by atoms with van der Waals surface area (Å²) in [6, 6.07) is 6.05. The molecular formula is C17H27FN2. The molecule has 1 unspecified atom stereocenters. The summed E-state index contributed by atoms with van der Waals surface area (Å²) in [6.07, 6.45) is 3.78. The highest BCUT2D eigenvalue weighted by Gasteiger charge is 2.30. The Morgan fingerprint density at radius 3 is 2.80 bits per heavy atom. The van der Waals surface area contributed by atoms with Gasteiger partial charge in [-0.3, -0.25) is 4.90 Å². The summed E-state index contributed by atoms with van der Waals surface area (Å²) in [6.45, 7) is 6.93. The van der Waals surface area contributed by atoms with Gasteiger partial charge in [0, 0.05) is 24.7 Å². The molecule has 0 aliphatic heterocycles. The number of halogens is 1. The third kappa shape index (κ3) is 4.29. The average Bonchev–Trinajstić information content (AvgIpc) is 3.26. The highest BCUT2D eigenvalue weighted by molar-refractivity contribution is 5.25. The van der Waals surface area contributed by atoms with Crippen molar-refractivity contribution >= 4 is 0 Å². The molecule has 1 saturated carbocycles. The lowest BCUT2D eigenvalue weighted by Gasteiger charge is -2.25. The third-order valence-corrected chi connectivity index (χ3v) is 4.29. The Kier molecular flexibility index (Phi) is 5.55. The van der Waals surface area contributed by atoms with Crippen LogP contribution in [-0.2, 0) is 13.1 Å². The molecule has 1 aliphatic carbocycles. The van der Waals surface area contributed by atoms with E-state index in [1.165, 1.54) is 18.4 Å². The maximum atomic E-state index is 14.0. The van der Waals surface area contributed by atoms with Crippen LogP contribution in [0.4, 0.5) is 4.39 Å². The molecule has 1 aromatic rings. The summed E-state index contributed by atoms with van der Waals surface area (Å²) >= 11 is 0. The maximum absolute atomic E-state index is 14.0. The third-order valence-electron chi connectivity index (χ3n) is 4.29. The van der Waals surface area contributed by atoms with E-state index < -0.39 is 0 Å². The smallest absolute Gasteiger partial charge is 0.127 e. The minimum atomic E-state index is -0.0842. The van der Waals surface area contributed by atoms with Crippen LogP contribution in [0.2, 0.25) is 0 Å². The van der Waals surface area contributed by atoms with Crippen molar-refractivity contribution in [1.82, 2.24) is 10.2 Å². The van der Waals surface area contributed by atoms with Crippen molar-refractivity contribution in [2.45, 2.75) is 52.2 Å². The summed E-state index contributed by atoms with van der Waals surface area (Å²) in [7, 11) is 2.10. The van der Waals surface area contributed by atoms with Gasteiger partial charge in [0.1, 0.15) is 5.82 Å². The van der Waals surface area contributed by atoms with Gasteiger partial charge in [-0.25, -0.2) is 4.39 Å². The van der Waals surface area contributed by atoms with E-state index in [9.17, 15) is 4.39 Å². The molecule has 0 saturated heterocycles. The van der Waals surface area contributed by atoms with Gasteiger partial charge in [-0.2, -0.15) is 0 Å². The second kappa shape index (κ2) is 7.19. The van der Waals surface area contributed by atoms with E-state index in [2.05, 4.69) is 31.1 Å². The molecule has 3 heteroatoms. The van der Waals surface area contributed by atoms with Crippen molar-refractivity contribution in [3.63, 3.8) is 0 Å². The van der Waals surface area contributed by atoms with Gasteiger partial charge in [-0.1, -0.05) is 19.1 Å². The van der Waals surface area contributed by atoms with Gasteiger partial charge < -0.3 is 5.32 Å². The predicted molar refractivity (Wildman–Crippen MR) is 82.1 cm³/mol. The Morgan fingerprint density at radius 1 is 1.40 bits per heavy atom. The first-order valence-corrected chi connectivity index (χ1v) is 7.80. The normalized spacial score (nSPS) is 16.6. The first-order valence-electron chi connectivity index (χ1n) is 7.80. The van der Waals surface area contributed by atoms with Crippen LogP contribution in [0.15, 0.2) is 18.2 Å². The highest BCUT2D eigenvalue weighted by Crippen LogP contribution is 2.35. The minimum Gasteiger partial charge on any atom is -0.313 e. The minimum absolute atomic E-state index is 0.0842. The van der Waals surface area contributed by atoms with Crippen molar-refractivity contribution in [3.05, 3.63) is 35.1 Å². The van der Waals surface area contributed by atoms with Crippen LogP contribution in [-0.4, -0.2) is 24.5 Å². The zero-order chi connectivity index (χ0) is 14.5. The van der Waals surface area contributed by atoms with Gasteiger partial charge in [0.05, 0.1) is 0 Å². The number of hydrogen-bond donors (Lipinski definition) is 1. The number of nitrogens with zero attached hydrogens (tertiary/aromatic N) is 1. The lowest BCUT2D eigenvalue weighted by atomic mass is 10.1. The molecule has 112 valence electrons. The van der Waals surface area contributed by atoms with Gasteiger partial charge in [0.15, 0.2) is 0 Å². The zero-order valence-corrected chi connectivity index (χ0v) is 13.0. The summed E-state index contributed by atoms with van der Waals surface area (Å²) < 4.78 is 14.0. The number of benzene rings is 1. The predicted octanol–water partition coefficient (Wildman–Crippen LogP) is 3.56. The molecule has 2 rings (SSSR count). The van der Waals surface area contributed by atoms with Crippen LogP contribution < -0.4 is 5.32 Å². The van der Waals surface area contributed by atoms with Crippen LogP contribution in [0.5, 0.6) is 0 Å². The molecule has 1 N–H and O–H groups in total. The SMILES string of the molecule is CCCNCc1ccc(F)c(CN(C)C(C)C2CC2)c1. The van der Waals surface area contributed by atoms with Crippen molar-refractivity contribution in [3.8, 4) is 0 Å². The first kappa shape index (κ1) is 15.5. The lowest BCUT2D eigenvalue weighted by molar-refractivity contribution is 0.223. The Morgan fingerprint density at radius 2 is 2.15 bits per heavy atom. The Bertz CT molecular complexity index is 429. The van der Waals surface area contributed by atoms with Crippen molar-refractivity contribution in [1.29, 1.82) is 0 Å². The molecule has 20 heavy (non-hydrogen) atoms. The van der Waals surface area contributed by atoms with Gasteiger partial charge in [0.25, 0.3) is 0 Å². The van der Waals surface area contributed by atoms with E-state index in [0.717, 1.165) is 31.0 Å². The second-order valence-corrected chi connectivity index (χ2v) is 6.10. The van der Waals surface area contributed by atoms with E-state index in [4.69, 9.17) is 0 Å². The molecule has 0 spiro atoms. The number of rotatable bonds is 8. The fourth-order valence-electron chi connectivity index (χ4n) is 2.62. The Labute approximate surface area is 122 Å². The van der Waals surface area contributed by atoms with Crippen molar-refractivity contribution in [2.24, 2.45) is 5.92 Å². The standard InChI is InChI=1S/C17H27FN2/c1-4-9-19-11-14-5-8-17(18)16(10-14)12-20(3)13(2)15-6-7-15/h5,8,10,13,15,19H,4,6-7,9,11-12H2,1-3H3. The molecule has 1 fully saturated rings. The van der Waals surface area contributed by atoms with E-state index in [0.29, 0.717) is 12.6 Å². The maximum Gasteiger partial charge on any atom is 0.127 e. The molecule has 0 bridgehead atoms. The number of nitrogens with one attached hydrogen (secondary N) is 1. The molecule has 1 atom stereocenters. The van der Waals surface area contributed by atoms with Gasteiger partial charge >= 0.3 is 0 Å². The monoisotopic (exact) mass is 278 g/mol. The molecule has 1 aliphatic rings. The largest absolute Gasteiger partial charge is 0.313 e. The average molecular weight is 278 g/mol. The summed E-state index contributed by atoms with van der Waals surface area (Å²) in [5.74, 6) is 0.733. The van der Waals surface area contributed by atoms with E-state index >= 15 is 0 Å². The van der Waals surface area contributed by atoms with Crippen molar-refractivity contribution in [2.75, 3.05) is 13.6 Å². The van der Waals surface area contributed by atoms with Crippen LogP contribution in [0, 0.1) is 11.7 Å². The second-order valence-electron chi connectivity index (χ2n) is 6.10. The van der Waals surface area contributed by atoms with Crippen LogP contribution in [0.1, 0.15) is 44.2 Å². The lowest BCUT2D eigenvalue weighted by Crippen LogP contribution is -2.30. The summed E-state index contributed by atoms with van der Waals surface area (Å²) in [4.78, 5) is 2.28. The van der Waals surface area contributed by atoms with E-state index in [1.54, 1.807) is 6.07 Å². The fraction of sp³-hybridized carbons (Fsp3) is 0.647. The fourth-order valence-corrected chi connectivity index (χ4v) is 2.62. The summed E-state index contributed by atoms with van der Waals surface area (Å²) in [5.41, 5.74) is 1.98. The van der Waals surface area contributed by atoms with Crippen LogP contribution >= 0.6 is 0 Å². The molecule has 2 nitrogen and oxygen atoms in total. The molecule has 0 heterocycles. The molecule has 1 aromatic carbocycles.